The molecular weight excluding hydrogens is 342 g/mol. The van der Waals surface area contributed by atoms with Gasteiger partial charge in [0.2, 0.25) is 0 Å². The summed E-state index contributed by atoms with van der Waals surface area (Å²) in [6.07, 6.45) is 2.09. The molecule has 1 saturated heterocycles. The highest BCUT2D eigenvalue weighted by Gasteiger charge is 2.42. The molecule has 7 nitrogen and oxygen atoms in total. The Bertz CT molecular complexity index is 807. The van der Waals surface area contributed by atoms with Gasteiger partial charge in [-0.05, 0) is 32.4 Å². The van der Waals surface area contributed by atoms with Crippen molar-refractivity contribution >= 4 is 23.6 Å². The smallest absolute Gasteiger partial charge is 0.311 e. The molecular formula is C17H19N3O4S. The van der Waals surface area contributed by atoms with E-state index in [9.17, 15) is 14.7 Å². The van der Waals surface area contributed by atoms with Crippen LogP contribution in [0.5, 0.6) is 0 Å². The number of nitrogens with zero attached hydrogens (tertiary/aromatic N) is 3. The molecule has 0 radical (unpaired) electrons. The Morgan fingerprint density at radius 3 is 2.92 bits per heavy atom. The molecule has 1 aliphatic heterocycles. The first-order chi connectivity index (χ1) is 11.9. The first-order valence-electron chi connectivity index (χ1n) is 7.92. The van der Waals surface area contributed by atoms with E-state index >= 15 is 0 Å². The van der Waals surface area contributed by atoms with E-state index in [0.29, 0.717) is 29.3 Å². The summed E-state index contributed by atoms with van der Waals surface area (Å²) in [6.45, 7) is 4.14. The lowest BCUT2D eigenvalue weighted by atomic mass is 9.90. The summed E-state index contributed by atoms with van der Waals surface area (Å²) in [7, 11) is 0. The van der Waals surface area contributed by atoms with E-state index in [1.807, 2.05) is 13.0 Å². The molecule has 1 aliphatic rings. The van der Waals surface area contributed by atoms with Crippen molar-refractivity contribution in [3.05, 3.63) is 41.4 Å². The number of carbonyl (C=O) groups excluding carboxylic acids is 1. The molecule has 8 heteroatoms. The van der Waals surface area contributed by atoms with Gasteiger partial charge in [0.15, 0.2) is 0 Å². The number of carboxylic acids is 1. The summed E-state index contributed by atoms with van der Waals surface area (Å²) in [4.78, 5) is 30.1. The van der Waals surface area contributed by atoms with Crippen molar-refractivity contribution in [1.29, 1.82) is 0 Å². The van der Waals surface area contributed by atoms with Gasteiger partial charge in [-0.25, -0.2) is 4.98 Å². The number of aryl methyl sites for hydroxylation is 1. The minimum atomic E-state index is -0.886. The average Bonchev–Trinajstić information content (AvgIpc) is 3.19. The molecule has 1 N–H and O–H groups in total. The number of hydrogen-bond acceptors (Lipinski definition) is 6. The summed E-state index contributed by atoms with van der Waals surface area (Å²) in [5.41, 5.74) is 0.386. The molecule has 25 heavy (non-hydrogen) atoms. The molecule has 132 valence electrons. The molecule has 1 atom stereocenters. The molecule has 2 aromatic rings. The highest BCUT2D eigenvalue weighted by Crippen LogP contribution is 2.32. The van der Waals surface area contributed by atoms with E-state index in [2.05, 4.69) is 10.1 Å². The Kier molecular flexibility index (Phi) is 4.80. The second kappa shape index (κ2) is 6.87. The van der Waals surface area contributed by atoms with Crippen LogP contribution in [0.15, 0.2) is 33.9 Å². The van der Waals surface area contributed by atoms with Gasteiger partial charge < -0.3 is 14.5 Å². The summed E-state index contributed by atoms with van der Waals surface area (Å²) in [5.74, 6) is 0.224. The van der Waals surface area contributed by atoms with Crippen molar-refractivity contribution in [1.82, 2.24) is 15.0 Å². The van der Waals surface area contributed by atoms with Crippen molar-refractivity contribution in [2.24, 2.45) is 5.41 Å². The van der Waals surface area contributed by atoms with Crippen LogP contribution < -0.4 is 0 Å². The lowest BCUT2D eigenvalue weighted by molar-refractivity contribution is -0.147. The van der Waals surface area contributed by atoms with E-state index < -0.39 is 11.4 Å². The van der Waals surface area contributed by atoms with Crippen LogP contribution in [0.2, 0.25) is 0 Å². The normalized spacial score (nSPS) is 20.0. The molecule has 3 rings (SSSR count). The van der Waals surface area contributed by atoms with Crippen LogP contribution in [-0.4, -0.2) is 45.1 Å². The summed E-state index contributed by atoms with van der Waals surface area (Å²) in [6, 6.07) is 5.28. The largest absolute Gasteiger partial charge is 0.481 e. The van der Waals surface area contributed by atoms with Crippen LogP contribution in [0, 0.1) is 12.3 Å². The molecule has 0 saturated carbocycles. The quantitative estimate of drug-likeness (QED) is 0.818. The van der Waals surface area contributed by atoms with E-state index in [1.54, 1.807) is 30.2 Å². The molecule has 0 spiro atoms. The number of amides is 1. The van der Waals surface area contributed by atoms with Gasteiger partial charge in [-0.15, -0.1) is 0 Å². The topological polar surface area (TPSA) is 96.5 Å². The maximum Gasteiger partial charge on any atom is 0.311 e. The van der Waals surface area contributed by atoms with Gasteiger partial charge in [-0.3, -0.25) is 9.59 Å². The van der Waals surface area contributed by atoms with Gasteiger partial charge >= 0.3 is 5.97 Å². The number of rotatable bonds is 5. The van der Waals surface area contributed by atoms with Crippen LogP contribution in [-0.2, 0) is 10.5 Å². The maximum absolute atomic E-state index is 12.8. The maximum atomic E-state index is 12.8. The zero-order valence-electron chi connectivity index (χ0n) is 14.1. The Balaban J connectivity index is 1.74. The first-order valence-corrected chi connectivity index (χ1v) is 8.90. The van der Waals surface area contributed by atoms with Gasteiger partial charge in [0.1, 0.15) is 10.8 Å². The van der Waals surface area contributed by atoms with Crippen LogP contribution in [0.25, 0.3) is 0 Å². The summed E-state index contributed by atoms with van der Waals surface area (Å²) in [5, 5.41) is 13.9. The predicted molar refractivity (Wildman–Crippen MR) is 91.3 cm³/mol. The molecule has 1 fully saturated rings. The van der Waals surface area contributed by atoms with E-state index in [-0.39, 0.29) is 12.5 Å². The molecule has 0 bridgehead atoms. The SMILES string of the molecule is Cc1cc(CSc2ncccc2C(=O)N2CCC(C)(C(=O)O)C2)no1. The lowest BCUT2D eigenvalue weighted by Crippen LogP contribution is -2.35. The zero-order chi connectivity index (χ0) is 18.0. The van der Waals surface area contributed by atoms with E-state index in [1.165, 1.54) is 11.8 Å². The summed E-state index contributed by atoms with van der Waals surface area (Å²) >= 11 is 1.41. The predicted octanol–water partition coefficient (Wildman–Crippen LogP) is 2.61. The molecule has 0 aliphatic carbocycles. The van der Waals surface area contributed by atoms with Gasteiger partial charge in [0, 0.05) is 31.1 Å². The minimum absolute atomic E-state index is 0.183. The van der Waals surface area contributed by atoms with Gasteiger partial charge in [0.25, 0.3) is 5.91 Å². The molecule has 1 unspecified atom stereocenters. The minimum Gasteiger partial charge on any atom is -0.481 e. The van der Waals surface area contributed by atoms with Crippen LogP contribution in [0.4, 0.5) is 0 Å². The monoisotopic (exact) mass is 361 g/mol. The van der Waals surface area contributed by atoms with Gasteiger partial charge in [0.05, 0.1) is 16.7 Å². The number of aromatic nitrogens is 2. The van der Waals surface area contributed by atoms with Crippen molar-refractivity contribution in [3.63, 3.8) is 0 Å². The number of thioether (sulfide) groups is 1. The number of hydrogen-bond donors (Lipinski definition) is 1. The number of pyridine rings is 1. The third-order valence-corrected chi connectivity index (χ3v) is 5.35. The van der Waals surface area contributed by atoms with Gasteiger partial charge in [-0.2, -0.15) is 0 Å². The van der Waals surface area contributed by atoms with Crippen LogP contribution >= 0.6 is 11.8 Å². The lowest BCUT2D eigenvalue weighted by Gasteiger charge is -2.20. The fourth-order valence-electron chi connectivity index (χ4n) is 2.78. The molecule has 3 heterocycles. The standard InChI is InChI=1S/C17H19N3O4S/c1-11-8-12(19-24-11)9-25-14-13(4-3-6-18-14)15(21)20-7-5-17(2,10-20)16(22)23/h3-4,6,8H,5,7,9-10H2,1-2H3,(H,22,23). The van der Waals surface area contributed by atoms with Gasteiger partial charge in [-0.1, -0.05) is 16.9 Å². The van der Waals surface area contributed by atoms with Crippen molar-refractivity contribution in [3.8, 4) is 0 Å². The van der Waals surface area contributed by atoms with Crippen LogP contribution in [0.1, 0.15) is 35.2 Å². The fourth-order valence-corrected chi connectivity index (χ4v) is 3.64. The van der Waals surface area contributed by atoms with Crippen LogP contribution in [0.3, 0.4) is 0 Å². The Morgan fingerprint density at radius 2 is 2.28 bits per heavy atom. The second-order valence-corrected chi connectivity index (χ2v) is 7.38. The third kappa shape index (κ3) is 3.68. The second-order valence-electron chi connectivity index (χ2n) is 6.42. The Labute approximate surface area is 149 Å². The number of aliphatic carboxylic acids is 1. The highest BCUT2D eigenvalue weighted by atomic mass is 32.2. The Morgan fingerprint density at radius 1 is 1.48 bits per heavy atom. The third-order valence-electron chi connectivity index (χ3n) is 4.31. The Hall–Kier alpha value is -2.35. The van der Waals surface area contributed by atoms with E-state index in [0.717, 1.165) is 11.5 Å². The van der Waals surface area contributed by atoms with Crippen molar-refractivity contribution in [2.75, 3.05) is 13.1 Å². The number of carbonyl (C=O) groups is 2. The summed E-state index contributed by atoms with van der Waals surface area (Å²) < 4.78 is 5.04. The highest BCUT2D eigenvalue weighted by molar-refractivity contribution is 7.98. The number of carboxylic acid groups (broad SMARTS) is 1. The molecule has 2 aromatic heterocycles. The van der Waals surface area contributed by atoms with Crippen molar-refractivity contribution < 1.29 is 19.2 Å². The fraction of sp³-hybridized carbons (Fsp3) is 0.412. The van der Waals surface area contributed by atoms with Crippen molar-refractivity contribution in [2.45, 2.75) is 31.0 Å². The molecule has 1 amide bonds. The van der Waals surface area contributed by atoms with E-state index in [4.69, 9.17) is 4.52 Å². The average molecular weight is 361 g/mol. The first kappa shape index (κ1) is 17.5. The molecule has 0 aromatic carbocycles. The zero-order valence-corrected chi connectivity index (χ0v) is 14.9. The number of likely N-dealkylation sites (tertiary alicyclic amines) is 1.